The van der Waals surface area contributed by atoms with E-state index >= 15 is 0 Å². The summed E-state index contributed by atoms with van der Waals surface area (Å²) in [6, 6.07) is 84.3. The zero-order chi connectivity index (χ0) is 91.6. The molecular weight excluding hydrogens is 1600 g/mol. The summed E-state index contributed by atoms with van der Waals surface area (Å²) in [5.41, 5.74) is 17.3. The summed E-state index contributed by atoms with van der Waals surface area (Å²) in [6.45, 7) is 37.1. The Balaban J connectivity index is 0.507. The number of benzene rings is 12. The second-order valence-corrected chi connectivity index (χ2v) is 40.5. The molecule has 0 fully saturated rings. The summed E-state index contributed by atoms with van der Waals surface area (Å²) < 4.78 is 12.8. The lowest BCUT2D eigenvalue weighted by atomic mass is 9.64. The lowest BCUT2D eigenvalue weighted by Gasteiger charge is -2.38. The lowest BCUT2D eigenvalue weighted by Crippen LogP contribution is -2.44. The minimum atomic E-state index is -0.661. The van der Waals surface area contributed by atoms with Crippen molar-refractivity contribution in [1.29, 1.82) is 0 Å². The standard InChI is InChI=1S/C115H120N4O10/c1-72(2)74-26-30-80(31-27-74)114(82-42-34-76(35-43-82)110(5,6)7,83-44-36-77(37-45-83)111(8,9)10)86-50-54-88(55-51-86)128-70-24-18-22-68-118-106(124)94-62-58-90-98-91(59-63-95(100(94)98)107(118)125)103(121)116(102(90)120)66-20-17-21-67-117-104(122)92-60-64-96-101-97(65-61-93(99(92)101)105(117)123)109(127)119(108(96)126)69-23-19-25-71-129-89-56-52-87(53-57-89)115(81-32-28-75(29-33-81)73(3)4,84-46-38-78(39-47-84)112(11,12)13)85-48-40-79(41-49-85)113(14,15)16/h26-65,72-73H,17-25,66-71H2,1-16H3. The van der Waals surface area contributed by atoms with Crippen LogP contribution in [0.1, 0.15) is 341 Å². The van der Waals surface area contributed by atoms with Gasteiger partial charge >= 0.3 is 0 Å². The molecule has 12 aromatic carbocycles. The van der Waals surface area contributed by atoms with E-state index in [0.29, 0.717) is 104 Å². The third-order valence-electron chi connectivity index (χ3n) is 27.3. The Morgan fingerprint density at radius 2 is 0.372 bits per heavy atom. The topological polar surface area (TPSA) is 168 Å². The van der Waals surface area contributed by atoms with Crippen molar-refractivity contribution in [2.24, 2.45) is 0 Å². The highest BCUT2D eigenvalue weighted by Gasteiger charge is 2.45. The molecule has 0 atom stereocenters. The molecule has 129 heavy (non-hydrogen) atoms. The van der Waals surface area contributed by atoms with Crippen molar-refractivity contribution in [3.05, 3.63) is 365 Å². The summed E-state index contributed by atoms with van der Waals surface area (Å²) in [5.74, 6) is -1.88. The summed E-state index contributed by atoms with van der Waals surface area (Å²) in [5, 5.41) is 1.18. The van der Waals surface area contributed by atoms with E-state index in [0.717, 1.165) is 22.6 Å². The van der Waals surface area contributed by atoms with Gasteiger partial charge < -0.3 is 9.47 Å². The number of hydrogen-bond acceptors (Lipinski definition) is 10. The van der Waals surface area contributed by atoms with Gasteiger partial charge in [-0.15, -0.1) is 0 Å². The predicted octanol–water partition coefficient (Wildman–Crippen LogP) is 24.9. The first kappa shape index (κ1) is 89.7. The molecule has 0 N–H and O–H groups in total. The van der Waals surface area contributed by atoms with Crippen molar-refractivity contribution in [3.8, 4) is 11.5 Å². The first-order valence-electron chi connectivity index (χ1n) is 46.3. The number of carbonyl (C=O) groups excluding carboxylic acids is 8. The number of imide groups is 4. The van der Waals surface area contributed by atoms with Crippen LogP contribution in [0.2, 0.25) is 0 Å². The van der Waals surface area contributed by atoms with E-state index in [9.17, 15) is 38.4 Å². The molecule has 0 unspecified atom stereocenters. The Bertz CT molecular complexity index is 5690. The van der Waals surface area contributed by atoms with E-state index in [4.69, 9.17) is 9.47 Å². The van der Waals surface area contributed by atoms with Crippen LogP contribution < -0.4 is 9.47 Å². The van der Waals surface area contributed by atoms with Crippen molar-refractivity contribution in [2.45, 2.75) is 213 Å². The van der Waals surface area contributed by atoms with Crippen LogP contribution in [0.5, 0.6) is 11.5 Å². The molecule has 14 heteroatoms. The highest BCUT2D eigenvalue weighted by atomic mass is 16.5. The molecule has 12 aromatic rings. The summed E-state index contributed by atoms with van der Waals surface area (Å²) in [4.78, 5) is 120. The molecular formula is C115H120N4O10. The van der Waals surface area contributed by atoms with Gasteiger partial charge in [-0.1, -0.05) is 281 Å². The molecule has 4 heterocycles. The van der Waals surface area contributed by atoms with E-state index in [1.165, 1.54) is 86.4 Å². The van der Waals surface area contributed by atoms with Gasteiger partial charge in [-0.25, -0.2) is 0 Å². The van der Waals surface area contributed by atoms with Crippen LogP contribution in [-0.2, 0) is 32.5 Å². The molecule has 4 aliphatic heterocycles. The third kappa shape index (κ3) is 16.8. The molecule has 0 radical (unpaired) electrons. The zero-order valence-electron chi connectivity index (χ0n) is 77.7. The largest absolute Gasteiger partial charge is 0.494 e. The van der Waals surface area contributed by atoms with Crippen LogP contribution >= 0.6 is 0 Å². The maximum atomic E-state index is 14.4. The van der Waals surface area contributed by atoms with E-state index in [1.807, 2.05) is 0 Å². The first-order valence-corrected chi connectivity index (χ1v) is 46.3. The molecule has 0 spiro atoms. The number of amides is 8. The normalized spacial score (nSPS) is 14.4. The number of rotatable bonds is 30. The average molecular weight is 1720 g/mol. The number of unbranched alkanes of at least 4 members (excludes halogenated alkanes) is 6. The van der Waals surface area contributed by atoms with Crippen molar-refractivity contribution in [1.82, 2.24) is 19.6 Å². The van der Waals surface area contributed by atoms with Gasteiger partial charge in [0.1, 0.15) is 11.5 Å². The van der Waals surface area contributed by atoms with Crippen LogP contribution in [0.15, 0.2) is 243 Å². The van der Waals surface area contributed by atoms with Crippen LogP contribution in [0.4, 0.5) is 0 Å². The third-order valence-corrected chi connectivity index (χ3v) is 27.3. The number of carbonyl (C=O) groups is 8. The van der Waals surface area contributed by atoms with Gasteiger partial charge in [0, 0.05) is 92.2 Å². The van der Waals surface area contributed by atoms with E-state index < -0.39 is 58.1 Å². The summed E-state index contributed by atoms with van der Waals surface area (Å²) in [7, 11) is 0. The Labute approximate surface area is 760 Å². The molecule has 0 aromatic heterocycles. The highest BCUT2D eigenvalue weighted by Crippen LogP contribution is 2.51. The van der Waals surface area contributed by atoms with Gasteiger partial charge in [-0.05, 0) is 242 Å². The molecule has 4 aliphatic rings. The quantitative estimate of drug-likeness (QED) is 0.0240. The first-order chi connectivity index (χ1) is 61.5. The molecule has 0 saturated heterocycles. The maximum absolute atomic E-state index is 14.4. The highest BCUT2D eigenvalue weighted by molar-refractivity contribution is 6.35. The second kappa shape index (κ2) is 35.4. The van der Waals surface area contributed by atoms with Crippen LogP contribution in [-0.4, -0.2) is 106 Å². The molecule has 8 amide bonds. The zero-order valence-corrected chi connectivity index (χ0v) is 77.7. The van der Waals surface area contributed by atoms with Gasteiger partial charge in [0.2, 0.25) is 0 Å². The van der Waals surface area contributed by atoms with Gasteiger partial charge in [0.25, 0.3) is 47.3 Å². The smallest absolute Gasteiger partial charge is 0.261 e. The minimum Gasteiger partial charge on any atom is -0.494 e. The summed E-state index contributed by atoms with van der Waals surface area (Å²) in [6.07, 6.45) is 4.91. The van der Waals surface area contributed by atoms with Gasteiger partial charge in [-0.2, -0.15) is 0 Å². The maximum Gasteiger partial charge on any atom is 0.261 e. The fraction of sp³-hybridized carbons (Fsp3) is 0.339. The van der Waals surface area contributed by atoms with Gasteiger partial charge in [-0.3, -0.25) is 58.0 Å². The van der Waals surface area contributed by atoms with Crippen molar-refractivity contribution < 1.29 is 47.8 Å². The number of ether oxygens (including phenoxy) is 2. The van der Waals surface area contributed by atoms with Crippen LogP contribution in [0.3, 0.4) is 0 Å². The Hall–Kier alpha value is -12.7. The van der Waals surface area contributed by atoms with E-state index in [-0.39, 0.29) is 92.3 Å². The molecule has 660 valence electrons. The van der Waals surface area contributed by atoms with Crippen LogP contribution in [0.25, 0.3) is 21.5 Å². The predicted molar refractivity (Wildman–Crippen MR) is 514 cm³/mol. The molecule has 0 bridgehead atoms. The molecule has 0 aliphatic carbocycles. The van der Waals surface area contributed by atoms with E-state index in [2.05, 4.69) is 305 Å². The molecule has 14 nitrogen and oxygen atoms in total. The Kier molecular flexibility index (Phi) is 24.6. The van der Waals surface area contributed by atoms with Gasteiger partial charge in [0.15, 0.2) is 0 Å². The van der Waals surface area contributed by atoms with E-state index in [1.54, 1.807) is 48.5 Å². The van der Waals surface area contributed by atoms with Crippen molar-refractivity contribution in [3.63, 3.8) is 0 Å². The monoisotopic (exact) mass is 1720 g/mol. The van der Waals surface area contributed by atoms with Crippen molar-refractivity contribution >= 4 is 68.8 Å². The van der Waals surface area contributed by atoms with Crippen molar-refractivity contribution in [2.75, 3.05) is 39.4 Å². The van der Waals surface area contributed by atoms with Gasteiger partial charge in [0.05, 0.1) is 24.0 Å². The number of nitrogens with zero attached hydrogens (tertiary/aromatic N) is 4. The fourth-order valence-electron chi connectivity index (χ4n) is 19.7. The minimum absolute atomic E-state index is 0.0222. The second-order valence-electron chi connectivity index (χ2n) is 40.5. The summed E-state index contributed by atoms with van der Waals surface area (Å²) >= 11 is 0. The molecule has 16 rings (SSSR count). The average Bonchev–Trinajstić information content (AvgIpc) is 0.675. The Morgan fingerprint density at radius 3 is 0.550 bits per heavy atom. The van der Waals surface area contributed by atoms with Crippen LogP contribution in [0, 0.1) is 0 Å². The number of hydrogen-bond donors (Lipinski definition) is 0. The fourth-order valence-corrected chi connectivity index (χ4v) is 19.7. The Morgan fingerprint density at radius 1 is 0.209 bits per heavy atom. The lowest BCUT2D eigenvalue weighted by molar-refractivity contribution is 0.0580. The SMILES string of the molecule is CC(C)c1ccc(C(c2ccc(OCCCCCN3C(=O)c4ccc5c6c(ccc(c46)C3=O)C(=O)N(CCCCCN3C(=O)c4ccc6c7c(ccc(c47)C3=O)C(=O)N(CCCCCOc3ccc(C(c4ccc(C(C)C)cc4)(c4ccc(C(C)(C)C)cc4)c4ccc(C(C)(C)C)cc4)cc3)C6=O)C5=O)cc2)(c2ccc(C(C)(C)C)cc2)c2ccc(C(C)(C)C)cc2)cc1. The molecule has 0 saturated carbocycles.